The zero-order chi connectivity index (χ0) is 14.1. The molecule has 1 rings (SSSR count). The minimum absolute atomic E-state index is 0.0295. The fourth-order valence-electron chi connectivity index (χ4n) is 1.40. The van der Waals surface area contributed by atoms with Crippen LogP contribution in [-0.4, -0.2) is 40.0 Å². The molecule has 1 aromatic rings. The van der Waals surface area contributed by atoms with E-state index in [1.165, 1.54) is 20.2 Å². The number of aromatic nitrogens is 3. The van der Waals surface area contributed by atoms with Crippen LogP contribution in [-0.2, 0) is 21.1 Å². The number of Topliss-reactive ketones (excluding diaryl/α,β-unsaturated/α-hetero) is 1. The molecule has 1 heterocycles. The molecule has 0 saturated carbocycles. The van der Waals surface area contributed by atoms with E-state index < -0.39 is 14.6 Å². The number of carbonyl (C=O) groups excluding carboxylic acids is 1. The van der Waals surface area contributed by atoms with Crippen LogP contribution in [0.1, 0.15) is 39.6 Å². The molecule has 0 aliphatic heterocycles. The van der Waals surface area contributed by atoms with Gasteiger partial charge in [0, 0.05) is 12.3 Å². The highest BCUT2D eigenvalue weighted by Gasteiger charge is 2.38. The van der Waals surface area contributed by atoms with Crippen molar-refractivity contribution in [2.75, 3.05) is 6.26 Å². The molecule has 18 heavy (non-hydrogen) atoms. The Kier molecular flexibility index (Phi) is 3.95. The summed E-state index contributed by atoms with van der Waals surface area (Å²) in [6.45, 7) is 6.68. The van der Waals surface area contributed by atoms with Crippen molar-refractivity contribution in [3.63, 3.8) is 0 Å². The fraction of sp³-hybridized carbons (Fsp3) is 0.727. The van der Waals surface area contributed by atoms with E-state index in [9.17, 15) is 13.2 Å². The van der Waals surface area contributed by atoms with E-state index in [0.29, 0.717) is 5.82 Å². The van der Waals surface area contributed by atoms with Gasteiger partial charge in [0.25, 0.3) is 0 Å². The molecule has 0 aliphatic rings. The van der Waals surface area contributed by atoms with E-state index in [1.807, 2.05) is 13.8 Å². The van der Waals surface area contributed by atoms with Crippen molar-refractivity contribution in [2.24, 2.45) is 0 Å². The van der Waals surface area contributed by atoms with Crippen LogP contribution in [0.5, 0.6) is 0 Å². The van der Waals surface area contributed by atoms with Gasteiger partial charge in [0.2, 0.25) is 0 Å². The van der Waals surface area contributed by atoms with Gasteiger partial charge in [-0.15, -0.1) is 0 Å². The van der Waals surface area contributed by atoms with Crippen LogP contribution < -0.4 is 0 Å². The van der Waals surface area contributed by atoms with Gasteiger partial charge in [0.05, 0.1) is 6.42 Å². The summed E-state index contributed by atoms with van der Waals surface area (Å²) >= 11 is 0. The first kappa shape index (κ1) is 14.8. The summed E-state index contributed by atoms with van der Waals surface area (Å²) in [6, 6.07) is 0.0802. The van der Waals surface area contributed by atoms with Gasteiger partial charge in [-0.05, 0) is 27.7 Å². The second-order valence-corrected chi connectivity index (χ2v) is 7.66. The van der Waals surface area contributed by atoms with Gasteiger partial charge in [-0.25, -0.2) is 18.1 Å². The van der Waals surface area contributed by atoms with Crippen molar-refractivity contribution in [2.45, 2.75) is 44.9 Å². The summed E-state index contributed by atoms with van der Waals surface area (Å²) in [4.78, 5) is 16.1. The molecule has 0 saturated heterocycles. The van der Waals surface area contributed by atoms with Crippen LogP contribution >= 0.6 is 0 Å². The maximum absolute atomic E-state index is 12.1. The predicted octanol–water partition coefficient (Wildman–Crippen LogP) is 0.794. The normalized spacial score (nSPS) is 13.0. The van der Waals surface area contributed by atoms with Crippen molar-refractivity contribution in [3.05, 3.63) is 12.2 Å². The first-order valence-corrected chi connectivity index (χ1v) is 7.57. The molecular weight excluding hydrogens is 254 g/mol. The third-order valence-corrected chi connectivity index (χ3v) is 5.14. The Balaban J connectivity index is 2.99. The second-order valence-electron chi connectivity index (χ2n) is 5.10. The molecule has 0 atom stereocenters. The number of hydrogen-bond acceptors (Lipinski definition) is 5. The van der Waals surface area contributed by atoms with Gasteiger partial charge in [-0.2, -0.15) is 5.10 Å². The number of nitrogens with zero attached hydrogens (tertiary/aromatic N) is 3. The number of ketones is 1. The lowest BCUT2D eigenvalue weighted by atomic mass is 10.1. The van der Waals surface area contributed by atoms with Crippen molar-refractivity contribution in [1.29, 1.82) is 0 Å². The quantitative estimate of drug-likeness (QED) is 0.792. The summed E-state index contributed by atoms with van der Waals surface area (Å²) in [6.07, 6.45) is 2.41. The van der Waals surface area contributed by atoms with Crippen LogP contribution in [0.25, 0.3) is 0 Å². The highest BCUT2D eigenvalue weighted by molar-refractivity contribution is 7.92. The van der Waals surface area contributed by atoms with Gasteiger partial charge >= 0.3 is 0 Å². The summed E-state index contributed by atoms with van der Waals surface area (Å²) in [5.74, 6) is 0.117. The minimum Gasteiger partial charge on any atom is -0.297 e. The first-order valence-electron chi connectivity index (χ1n) is 5.68. The molecule has 0 radical (unpaired) electrons. The molecule has 0 aromatic carbocycles. The average molecular weight is 273 g/mol. The Morgan fingerprint density at radius 2 is 2.00 bits per heavy atom. The highest BCUT2D eigenvalue weighted by atomic mass is 32.2. The summed E-state index contributed by atoms with van der Waals surface area (Å²) in [5, 5.41) is 4.02. The number of sulfone groups is 1. The molecule has 0 fully saturated rings. The third kappa shape index (κ3) is 2.77. The van der Waals surface area contributed by atoms with Crippen molar-refractivity contribution in [3.8, 4) is 0 Å². The largest absolute Gasteiger partial charge is 0.297 e. The lowest BCUT2D eigenvalue weighted by Crippen LogP contribution is -2.41. The molecule has 0 amide bonds. The van der Waals surface area contributed by atoms with Crippen LogP contribution in [0.3, 0.4) is 0 Å². The number of rotatable bonds is 5. The molecule has 0 N–H and O–H groups in total. The van der Waals surface area contributed by atoms with E-state index in [-0.39, 0.29) is 18.2 Å². The Morgan fingerprint density at radius 3 is 2.44 bits per heavy atom. The topological polar surface area (TPSA) is 81.9 Å². The lowest BCUT2D eigenvalue weighted by molar-refractivity contribution is -0.120. The molecular formula is C11H19N3O3S. The average Bonchev–Trinajstić information content (AvgIpc) is 2.63. The van der Waals surface area contributed by atoms with Crippen molar-refractivity contribution < 1.29 is 13.2 Å². The number of carbonyl (C=O) groups is 1. The number of hydrogen-bond donors (Lipinski definition) is 0. The standard InChI is InChI=1S/C11H19N3O3S/c1-8(2)14-10(12-7-13-14)6-9(15)11(3,4)18(5,16)17/h7-8H,6H2,1-5H3. The second kappa shape index (κ2) is 4.79. The van der Waals surface area contributed by atoms with Gasteiger partial charge < -0.3 is 0 Å². The highest BCUT2D eigenvalue weighted by Crippen LogP contribution is 2.19. The maximum Gasteiger partial charge on any atom is 0.161 e. The smallest absolute Gasteiger partial charge is 0.161 e. The fourth-order valence-corrected chi connectivity index (χ4v) is 1.88. The van der Waals surface area contributed by atoms with E-state index >= 15 is 0 Å². The third-order valence-electron chi connectivity index (χ3n) is 3.05. The van der Waals surface area contributed by atoms with Crippen LogP contribution in [0.15, 0.2) is 6.33 Å². The van der Waals surface area contributed by atoms with Crippen LogP contribution in [0.2, 0.25) is 0 Å². The summed E-state index contributed by atoms with van der Waals surface area (Å²) in [7, 11) is -3.44. The lowest BCUT2D eigenvalue weighted by Gasteiger charge is -2.20. The molecule has 7 heteroatoms. The van der Waals surface area contributed by atoms with Crippen molar-refractivity contribution in [1.82, 2.24) is 14.8 Å². The molecule has 1 aromatic heterocycles. The SMILES string of the molecule is CC(C)n1ncnc1CC(=O)C(C)(C)S(C)(=O)=O. The van der Waals surface area contributed by atoms with Gasteiger partial charge in [0.15, 0.2) is 15.6 Å². The van der Waals surface area contributed by atoms with Gasteiger partial charge in [-0.3, -0.25) is 4.79 Å². The zero-order valence-corrected chi connectivity index (χ0v) is 12.2. The molecule has 0 bridgehead atoms. The first-order chi connectivity index (χ1) is 8.07. The van der Waals surface area contributed by atoms with E-state index in [4.69, 9.17) is 0 Å². The summed E-state index contributed by atoms with van der Waals surface area (Å²) < 4.78 is 23.4. The molecule has 102 valence electrons. The van der Waals surface area contributed by atoms with Gasteiger partial charge in [0.1, 0.15) is 16.9 Å². The molecule has 0 aliphatic carbocycles. The Labute approximate surface area is 107 Å². The van der Waals surface area contributed by atoms with Gasteiger partial charge in [-0.1, -0.05) is 0 Å². The Hall–Kier alpha value is -1.24. The van der Waals surface area contributed by atoms with E-state index in [1.54, 1.807) is 4.68 Å². The molecule has 6 nitrogen and oxygen atoms in total. The molecule has 0 unspecified atom stereocenters. The Bertz CT molecular complexity index is 544. The summed E-state index contributed by atoms with van der Waals surface area (Å²) in [5.41, 5.74) is 0. The van der Waals surface area contributed by atoms with E-state index in [2.05, 4.69) is 10.1 Å². The monoisotopic (exact) mass is 273 g/mol. The molecule has 0 spiro atoms. The predicted molar refractivity (Wildman–Crippen MR) is 68.0 cm³/mol. The van der Waals surface area contributed by atoms with E-state index in [0.717, 1.165) is 6.26 Å². The van der Waals surface area contributed by atoms with Crippen molar-refractivity contribution >= 4 is 15.6 Å². The van der Waals surface area contributed by atoms with Crippen LogP contribution in [0, 0.1) is 0 Å². The Morgan fingerprint density at radius 1 is 1.44 bits per heavy atom. The maximum atomic E-state index is 12.1. The minimum atomic E-state index is -3.44. The zero-order valence-electron chi connectivity index (χ0n) is 11.3. The van der Waals surface area contributed by atoms with Crippen LogP contribution in [0.4, 0.5) is 0 Å².